The van der Waals surface area contributed by atoms with E-state index in [9.17, 15) is 9.59 Å². The molecule has 0 aliphatic rings. The maximum absolute atomic E-state index is 11.7. The summed E-state index contributed by atoms with van der Waals surface area (Å²) in [5.74, 6) is 0.378. The third-order valence-electron chi connectivity index (χ3n) is 2.22. The summed E-state index contributed by atoms with van der Waals surface area (Å²) in [5.41, 5.74) is 0. The van der Waals surface area contributed by atoms with Gasteiger partial charge in [-0.3, -0.25) is 9.59 Å². The molecular formula is C11H17N3O4. The fraction of sp³-hybridized carbons (Fsp3) is 0.636. The highest BCUT2D eigenvalue weighted by Crippen LogP contribution is 2.02. The minimum absolute atomic E-state index is 0.0461. The van der Waals surface area contributed by atoms with E-state index < -0.39 is 5.97 Å². The number of likely N-dealkylation sites (N-methyl/N-ethyl adjacent to an activating group) is 1. The Balaban J connectivity index is 2.33. The molecule has 0 saturated carbocycles. The lowest BCUT2D eigenvalue weighted by Crippen LogP contribution is -2.33. The van der Waals surface area contributed by atoms with E-state index in [1.165, 1.54) is 4.90 Å². The molecule has 0 unspecified atom stereocenters. The first kappa shape index (κ1) is 14.1. The van der Waals surface area contributed by atoms with Crippen molar-refractivity contribution in [2.75, 3.05) is 20.2 Å². The number of hydrogen-bond acceptors (Lipinski definition) is 6. The number of ether oxygens (including phenoxy) is 1. The van der Waals surface area contributed by atoms with E-state index in [-0.39, 0.29) is 18.9 Å². The predicted molar refractivity (Wildman–Crippen MR) is 61.6 cm³/mol. The van der Waals surface area contributed by atoms with Crippen molar-refractivity contribution < 1.29 is 18.8 Å². The van der Waals surface area contributed by atoms with Gasteiger partial charge in [-0.15, -0.1) is 0 Å². The molecule has 1 amide bonds. The Morgan fingerprint density at radius 2 is 2.17 bits per heavy atom. The van der Waals surface area contributed by atoms with Crippen molar-refractivity contribution in [3.05, 3.63) is 11.7 Å². The minimum atomic E-state index is -0.415. The fourth-order valence-corrected chi connectivity index (χ4v) is 1.33. The molecule has 0 aliphatic heterocycles. The molecule has 0 N–H and O–H groups in total. The Kier molecular flexibility index (Phi) is 5.29. The van der Waals surface area contributed by atoms with Crippen LogP contribution in [0.2, 0.25) is 0 Å². The number of nitrogens with zero attached hydrogens (tertiary/aromatic N) is 3. The normalized spacial score (nSPS) is 10.2. The molecule has 0 radical (unpaired) electrons. The number of carbonyl (C=O) groups is 2. The maximum Gasteiger partial charge on any atom is 0.325 e. The number of amides is 1. The molecule has 0 aromatic carbocycles. The Labute approximate surface area is 105 Å². The smallest absolute Gasteiger partial charge is 0.325 e. The summed E-state index contributed by atoms with van der Waals surface area (Å²) in [6, 6.07) is 0. The SMILES string of the molecule is CCOC(=O)CN(C)C(=O)CCc1nc(C)no1. The highest BCUT2D eigenvalue weighted by molar-refractivity contribution is 5.81. The molecule has 1 heterocycles. The van der Waals surface area contributed by atoms with E-state index in [1.807, 2.05) is 0 Å². The molecule has 1 rings (SSSR count). The van der Waals surface area contributed by atoms with Gasteiger partial charge in [-0.25, -0.2) is 0 Å². The molecule has 0 saturated heterocycles. The van der Waals surface area contributed by atoms with Gasteiger partial charge < -0.3 is 14.2 Å². The van der Waals surface area contributed by atoms with Crippen molar-refractivity contribution >= 4 is 11.9 Å². The fourth-order valence-electron chi connectivity index (χ4n) is 1.33. The molecule has 7 nitrogen and oxygen atoms in total. The second kappa shape index (κ2) is 6.73. The summed E-state index contributed by atoms with van der Waals surface area (Å²) in [6.07, 6.45) is 0.588. The zero-order valence-electron chi connectivity index (χ0n) is 10.8. The first-order valence-electron chi connectivity index (χ1n) is 5.71. The van der Waals surface area contributed by atoms with Crippen molar-refractivity contribution in [2.24, 2.45) is 0 Å². The highest BCUT2D eigenvalue weighted by Gasteiger charge is 2.14. The Morgan fingerprint density at radius 1 is 1.44 bits per heavy atom. The largest absolute Gasteiger partial charge is 0.465 e. The lowest BCUT2D eigenvalue weighted by atomic mass is 10.3. The van der Waals surface area contributed by atoms with Crippen LogP contribution in [0.1, 0.15) is 25.1 Å². The predicted octanol–water partition coefficient (Wildman–Crippen LogP) is 0.332. The van der Waals surface area contributed by atoms with E-state index in [4.69, 9.17) is 9.26 Å². The molecule has 7 heteroatoms. The van der Waals surface area contributed by atoms with E-state index in [0.717, 1.165) is 0 Å². The zero-order chi connectivity index (χ0) is 13.5. The van der Waals surface area contributed by atoms with Gasteiger partial charge in [0, 0.05) is 19.9 Å². The summed E-state index contributed by atoms with van der Waals surface area (Å²) in [4.78, 5) is 28.2. The quantitative estimate of drug-likeness (QED) is 0.681. The number of carbonyl (C=O) groups excluding carboxylic acids is 2. The second-order valence-electron chi connectivity index (χ2n) is 3.79. The van der Waals surface area contributed by atoms with Crippen LogP contribution in [-0.4, -0.2) is 47.1 Å². The Bertz CT molecular complexity index is 416. The molecular weight excluding hydrogens is 238 g/mol. The van der Waals surface area contributed by atoms with Gasteiger partial charge in [-0.2, -0.15) is 4.98 Å². The number of aryl methyl sites for hydroxylation is 2. The summed E-state index contributed by atoms with van der Waals surface area (Å²) in [6.45, 7) is 3.69. The lowest BCUT2D eigenvalue weighted by Gasteiger charge is -2.15. The number of aromatic nitrogens is 2. The molecule has 18 heavy (non-hydrogen) atoms. The lowest BCUT2D eigenvalue weighted by molar-refractivity contribution is -0.148. The van der Waals surface area contributed by atoms with Crippen molar-refractivity contribution in [3.63, 3.8) is 0 Å². The van der Waals surface area contributed by atoms with Crippen LogP contribution in [0.4, 0.5) is 0 Å². The standard InChI is InChI=1S/C11H17N3O4/c1-4-17-11(16)7-14(3)10(15)6-5-9-12-8(2)13-18-9/h4-7H2,1-3H3. The highest BCUT2D eigenvalue weighted by atomic mass is 16.5. The van der Waals surface area contributed by atoms with E-state index in [1.54, 1.807) is 20.9 Å². The Hall–Kier alpha value is -1.92. The molecule has 0 atom stereocenters. The van der Waals surface area contributed by atoms with Crippen molar-refractivity contribution in [1.82, 2.24) is 15.0 Å². The first-order chi connectivity index (χ1) is 8.52. The van der Waals surface area contributed by atoms with Crippen LogP contribution in [0.3, 0.4) is 0 Å². The second-order valence-corrected chi connectivity index (χ2v) is 3.79. The van der Waals surface area contributed by atoms with Gasteiger partial charge in [0.2, 0.25) is 11.8 Å². The van der Waals surface area contributed by atoms with Crippen LogP contribution in [0.5, 0.6) is 0 Å². The zero-order valence-corrected chi connectivity index (χ0v) is 10.8. The molecule has 1 aromatic heterocycles. The maximum atomic E-state index is 11.7. The molecule has 0 fully saturated rings. The summed E-state index contributed by atoms with van der Waals surface area (Å²) >= 11 is 0. The van der Waals surface area contributed by atoms with Gasteiger partial charge in [-0.05, 0) is 13.8 Å². The van der Waals surface area contributed by atoms with Gasteiger partial charge in [0.15, 0.2) is 5.82 Å². The van der Waals surface area contributed by atoms with Crippen LogP contribution in [-0.2, 0) is 20.7 Å². The number of hydrogen-bond donors (Lipinski definition) is 0. The van der Waals surface area contributed by atoms with Gasteiger partial charge >= 0.3 is 5.97 Å². The summed E-state index contributed by atoms with van der Waals surface area (Å²) in [7, 11) is 1.55. The third kappa shape index (κ3) is 4.52. The monoisotopic (exact) mass is 255 g/mol. The van der Waals surface area contributed by atoms with Crippen molar-refractivity contribution in [2.45, 2.75) is 26.7 Å². The molecule has 100 valence electrons. The van der Waals surface area contributed by atoms with Gasteiger partial charge in [0.25, 0.3) is 0 Å². The molecule has 1 aromatic rings. The minimum Gasteiger partial charge on any atom is -0.465 e. The van der Waals surface area contributed by atoms with Gasteiger partial charge in [0.1, 0.15) is 6.54 Å². The molecule has 0 spiro atoms. The van der Waals surface area contributed by atoms with Crippen molar-refractivity contribution in [3.8, 4) is 0 Å². The van der Waals surface area contributed by atoms with Crippen LogP contribution in [0, 0.1) is 6.92 Å². The van der Waals surface area contributed by atoms with E-state index in [2.05, 4.69) is 10.1 Å². The van der Waals surface area contributed by atoms with Crippen LogP contribution >= 0.6 is 0 Å². The average molecular weight is 255 g/mol. The number of rotatable bonds is 6. The first-order valence-corrected chi connectivity index (χ1v) is 5.71. The van der Waals surface area contributed by atoms with Crippen LogP contribution in [0.25, 0.3) is 0 Å². The average Bonchev–Trinajstić information content (AvgIpc) is 2.72. The van der Waals surface area contributed by atoms with Crippen molar-refractivity contribution in [1.29, 1.82) is 0 Å². The topological polar surface area (TPSA) is 85.5 Å². The number of esters is 1. The van der Waals surface area contributed by atoms with Gasteiger partial charge in [-0.1, -0.05) is 5.16 Å². The van der Waals surface area contributed by atoms with Gasteiger partial charge in [0.05, 0.1) is 6.61 Å². The summed E-state index contributed by atoms with van der Waals surface area (Å²) < 4.78 is 9.65. The third-order valence-corrected chi connectivity index (χ3v) is 2.22. The summed E-state index contributed by atoms with van der Waals surface area (Å²) in [5, 5.41) is 3.63. The van der Waals surface area contributed by atoms with Crippen LogP contribution in [0.15, 0.2) is 4.52 Å². The van der Waals surface area contributed by atoms with E-state index in [0.29, 0.717) is 24.7 Å². The van der Waals surface area contributed by atoms with Crippen LogP contribution < -0.4 is 0 Å². The molecule has 0 aliphatic carbocycles. The molecule has 0 bridgehead atoms. The van der Waals surface area contributed by atoms with E-state index >= 15 is 0 Å². The Morgan fingerprint density at radius 3 is 2.72 bits per heavy atom.